The molecule has 146 valence electrons. The van der Waals surface area contributed by atoms with Gasteiger partial charge in [0.1, 0.15) is 19.0 Å². The molecule has 1 N–H and O–H groups in total. The van der Waals surface area contributed by atoms with Crippen LogP contribution in [0.2, 0.25) is 5.02 Å². The molecule has 0 unspecified atom stereocenters. The van der Waals surface area contributed by atoms with E-state index in [9.17, 15) is 9.59 Å². The van der Waals surface area contributed by atoms with E-state index in [4.69, 9.17) is 25.8 Å². The van der Waals surface area contributed by atoms with Crippen molar-refractivity contribution in [1.29, 1.82) is 0 Å². The Morgan fingerprint density at radius 1 is 1.18 bits per heavy atom. The van der Waals surface area contributed by atoms with Crippen molar-refractivity contribution in [3.63, 3.8) is 0 Å². The summed E-state index contributed by atoms with van der Waals surface area (Å²) in [5.74, 6) is 0.913. The fraction of sp³-hybridized carbons (Fsp3) is 0.300. The minimum atomic E-state index is -0.482. The molecule has 0 spiro atoms. The highest BCUT2D eigenvalue weighted by atomic mass is 35.5. The number of anilines is 2. The van der Waals surface area contributed by atoms with Gasteiger partial charge in [0.15, 0.2) is 11.5 Å². The van der Waals surface area contributed by atoms with Crippen LogP contribution in [0.5, 0.6) is 17.2 Å². The number of carbonyl (C=O) groups excluding carboxylic acids is 2. The lowest BCUT2D eigenvalue weighted by molar-refractivity contribution is -0.122. The highest BCUT2D eigenvalue weighted by Crippen LogP contribution is 2.36. The van der Waals surface area contributed by atoms with E-state index in [0.717, 1.165) is 0 Å². The molecule has 0 saturated carbocycles. The summed E-state index contributed by atoms with van der Waals surface area (Å²) in [5, 5.41) is 3.30. The molecule has 1 fully saturated rings. The van der Waals surface area contributed by atoms with Crippen LogP contribution in [0.1, 0.15) is 6.42 Å². The third-order valence-electron chi connectivity index (χ3n) is 4.75. The second-order valence-electron chi connectivity index (χ2n) is 6.57. The lowest BCUT2D eigenvalue weighted by Crippen LogP contribution is -2.28. The molecule has 1 atom stereocenters. The van der Waals surface area contributed by atoms with Gasteiger partial charge in [-0.2, -0.15) is 0 Å². The minimum Gasteiger partial charge on any atom is -0.495 e. The number of nitrogens with zero attached hydrogens (tertiary/aromatic N) is 1. The van der Waals surface area contributed by atoms with Crippen LogP contribution in [-0.4, -0.2) is 38.7 Å². The Labute approximate surface area is 167 Å². The monoisotopic (exact) mass is 402 g/mol. The Bertz CT molecular complexity index is 933. The maximum absolute atomic E-state index is 12.7. The van der Waals surface area contributed by atoms with Crippen LogP contribution >= 0.6 is 11.6 Å². The molecular weight excluding hydrogens is 384 g/mol. The summed E-state index contributed by atoms with van der Waals surface area (Å²) >= 11 is 6.01. The third-order valence-corrected chi connectivity index (χ3v) is 4.99. The Hall–Kier alpha value is -2.93. The SMILES string of the molecule is COc1ccc(Cl)cc1NC(=O)[C@@H]1CC(=O)N(c2ccc3c(c2)OCCO3)C1. The van der Waals surface area contributed by atoms with Crippen molar-refractivity contribution in [3.05, 3.63) is 41.4 Å². The van der Waals surface area contributed by atoms with E-state index in [1.807, 2.05) is 0 Å². The van der Waals surface area contributed by atoms with Crippen LogP contribution in [-0.2, 0) is 9.59 Å². The summed E-state index contributed by atoms with van der Waals surface area (Å²) in [4.78, 5) is 26.8. The van der Waals surface area contributed by atoms with Gasteiger partial charge in [-0.15, -0.1) is 0 Å². The highest BCUT2D eigenvalue weighted by molar-refractivity contribution is 6.31. The molecule has 7 nitrogen and oxygen atoms in total. The highest BCUT2D eigenvalue weighted by Gasteiger charge is 2.36. The van der Waals surface area contributed by atoms with Crippen molar-refractivity contribution >= 4 is 34.8 Å². The van der Waals surface area contributed by atoms with E-state index in [1.54, 1.807) is 41.3 Å². The quantitative estimate of drug-likeness (QED) is 0.850. The van der Waals surface area contributed by atoms with Gasteiger partial charge < -0.3 is 24.4 Å². The molecular formula is C20H19ClN2O5. The number of benzene rings is 2. The zero-order valence-electron chi connectivity index (χ0n) is 15.2. The van der Waals surface area contributed by atoms with Gasteiger partial charge in [-0.1, -0.05) is 11.6 Å². The minimum absolute atomic E-state index is 0.116. The van der Waals surface area contributed by atoms with Gasteiger partial charge in [-0.05, 0) is 30.3 Å². The first kappa shape index (κ1) is 18.4. The van der Waals surface area contributed by atoms with Crippen molar-refractivity contribution in [3.8, 4) is 17.2 Å². The molecule has 0 aromatic heterocycles. The smallest absolute Gasteiger partial charge is 0.229 e. The van der Waals surface area contributed by atoms with Gasteiger partial charge in [0.25, 0.3) is 0 Å². The first-order chi connectivity index (χ1) is 13.5. The van der Waals surface area contributed by atoms with E-state index in [1.165, 1.54) is 7.11 Å². The van der Waals surface area contributed by atoms with E-state index < -0.39 is 5.92 Å². The number of fused-ring (bicyclic) bond motifs is 1. The van der Waals surface area contributed by atoms with Crippen molar-refractivity contribution in [2.24, 2.45) is 5.92 Å². The van der Waals surface area contributed by atoms with Crippen LogP contribution in [0.4, 0.5) is 11.4 Å². The zero-order valence-corrected chi connectivity index (χ0v) is 16.0. The summed E-state index contributed by atoms with van der Waals surface area (Å²) in [6.07, 6.45) is 0.128. The second kappa shape index (κ2) is 7.59. The predicted octanol–water partition coefficient (Wildman–Crippen LogP) is 3.11. The van der Waals surface area contributed by atoms with Gasteiger partial charge in [0, 0.05) is 29.7 Å². The summed E-state index contributed by atoms with van der Waals surface area (Å²) < 4.78 is 16.3. The van der Waals surface area contributed by atoms with Crippen LogP contribution < -0.4 is 24.4 Å². The molecule has 2 amide bonds. The van der Waals surface area contributed by atoms with E-state index >= 15 is 0 Å². The average Bonchev–Trinajstić information content (AvgIpc) is 3.09. The standard InChI is InChI=1S/C20H19ClN2O5/c1-26-16-4-2-13(21)9-15(16)22-20(25)12-8-19(24)23(11-12)14-3-5-17-18(10-14)28-7-6-27-17/h2-5,9-10,12H,6-8,11H2,1H3,(H,22,25)/t12-/m1/s1. The molecule has 2 aliphatic rings. The number of halogens is 1. The van der Waals surface area contributed by atoms with Crippen molar-refractivity contribution < 1.29 is 23.8 Å². The topological polar surface area (TPSA) is 77.1 Å². The summed E-state index contributed by atoms with van der Waals surface area (Å²) in [6, 6.07) is 10.3. The van der Waals surface area contributed by atoms with Gasteiger partial charge in [0.2, 0.25) is 11.8 Å². The molecule has 2 aliphatic heterocycles. The first-order valence-electron chi connectivity index (χ1n) is 8.89. The number of ether oxygens (including phenoxy) is 3. The molecule has 4 rings (SSSR count). The molecule has 2 aromatic carbocycles. The Morgan fingerprint density at radius 3 is 2.75 bits per heavy atom. The largest absolute Gasteiger partial charge is 0.495 e. The second-order valence-corrected chi connectivity index (χ2v) is 7.00. The van der Waals surface area contributed by atoms with Gasteiger partial charge in [0.05, 0.1) is 18.7 Å². The molecule has 0 bridgehead atoms. The number of carbonyl (C=O) groups is 2. The maximum Gasteiger partial charge on any atom is 0.229 e. The van der Waals surface area contributed by atoms with Gasteiger partial charge >= 0.3 is 0 Å². The fourth-order valence-electron chi connectivity index (χ4n) is 3.35. The first-order valence-corrected chi connectivity index (χ1v) is 9.27. The van der Waals surface area contributed by atoms with Crippen molar-refractivity contribution in [2.45, 2.75) is 6.42 Å². The number of nitrogens with one attached hydrogen (secondary N) is 1. The lowest BCUT2D eigenvalue weighted by atomic mass is 10.1. The molecule has 2 heterocycles. The van der Waals surface area contributed by atoms with Gasteiger partial charge in [-0.25, -0.2) is 0 Å². The zero-order chi connectivity index (χ0) is 19.7. The number of rotatable bonds is 4. The van der Waals surface area contributed by atoms with Crippen molar-refractivity contribution in [2.75, 3.05) is 37.1 Å². The number of amides is 2. The van der Waals surface area contributed by atoms with Crippen LogP contribution in [0.15, 0.2) is 36.4 Å². The summed E-state index contributed by atoms with van der Waals surface area (Å²) in [5.41, 5.74) is 1.16. The summed E-state index contributed by atoms with van der Waals surface area (Å²) in [7, 11) is 1.52. The number of hydrogen-bond donors (Lipinski definition) is 1. The summed E-state index contributed by atoms with van der Waals surface area (Å²) in [6.45, 7) is 1.26. The third kappa shape index (κ3) is 3.57. The molecule has 8 heteroatoms. The van der Waals surface area contributed by atoms with Crippen LogP contribution in [0.3, 0.4) is 0 Å². The van der Waals surface area contributed by atoms with E-state index in [0.29, 0.717) is 46.9 Å². The Kier molecular flexibility index (Phi) is 5.00. The van der Waals surface area contributed by atoms with E-state index in [2.05, 4.69) is 5.32 Å². The normalized spacial score (nSPS) is 18.1. The Morgan fingerprint density at radius 2 is 1.96 bits per heavy atom. The molecule has 0 radical (unpaired) electrons. The van der Waals surface area contributed by atoms with Gasteiger partial charge in [-0.3, -0.25) is 9.59 Å². The lowest BCUT2D eigenvalue weighted by Gasteiger charge is -2.22. The average molecular weight is 403 g/mol. The number of hydrogen-bond acceptors (Lipinski definition) is 5. The van der Waals surface area contributed by atoms with Crippen LogP contribution in [0.25, 0.3) is 0 Å². The molecule has 0 aliphatic carbocycles. The number of methoxy groups -OCH3 is 1. The van der Waals surface area contributed by atoms with Crippen molar-refractivity contribution in [1.82, 2.24) is 0 Å². The molecule has 1 saturated heterocycles. The molecule has 28 heavy (non-hydrogen) atoms. The van der Waals surface area contributed by atoms with E-state index in [-0.39, 0.29) is 24.8 Å². The Balaban J connectivity index is 1.49. The fourth-order valence-corrected chi connectivity index (χ4v) is 3.52. The van der Waals surface area contributed by atoms with Crippen LogP contribution in [0, 0.1) is 5.92 Å². The molecule has 2 aromatic rings. The predicted molar refractivity (Wildman–Crippen MR) is 105 cm³/mol. The maximum atomic E-state index is 12.7.